The minimum Gasteiger partial charge on any atom is -0.345 e. The number of nitrogens with one attached hydrogen (secondary N) is 2. The third kappa shape index (κ3) is 6.57. The van der Waals surface area contributed by atoms with E-state index in [0.717, 1.165) is 31.2 Å². The summed E-state index contributed by atoms with van der Waals surface area (Å²) in [5.74, 6) is -0.547. The standard InChI is InChI=1S/C19H27N3O3/c1-3-4-8-19(25)22(16-9-10-16)13-18(24)20-12-17(23)21-15-7-5-6-14(2)11-15/h5-7,11,16H,3-4,8-10,12-13H2,1-2H3,(H,20,24)(H,21,23). The predicted octanol–water partition coefficient (Wildman–Crippen LogP) is 2.23. The van der Waals surface area contributed by atoms with Crippen LogP contribution in [0.15, 0.2) is 24.3 Å². The molecule has 1 aliphatic rings. The molecule has 136 valence electrons. The number of amides is 3. The lowest BCUT2D eigenvalue weighted by Crippen LogP contribution is -2.43. The molecule has 0 heterocycles. The molecule has 2 rings (SSSR count). The Morgan fingerprint density at radius 2 is 1.96 bits per heavy atom. The molecular formula is C19H27N3O3. The lowest BCUT2D eigenvalue weighted by molar-refractivity contribution is -0.136. The van der Waals surface area contributed by atoms with Gasteiger partial charge in [-0.05, 0) is 43.9 Å². The van der Waals surface area contributed by atoms with Crippen molar-refractivity contribution >= 4 is 23.4 Å². The van der Waals surface area contributed by atoms with Crippen molar-refractivity contribution in [3.8, 4) is 0 Å². The van der Waals surface area contributed by atoms with Crippen molar-refractivity contribution in [2.45, 2.75) is 52.0 Å². The van der Waals surface area contributed by atoms with Gasteiger partial charge in [-0.15, -0.1) is 0 Å². The van der Waals surface area contributed by atoms with E-state index in [1.54, 1.807) is 11.0 Å². The highest BCUT2D eigenvalue weighted by Crippen LogP contribution is 2.27. The van der Waals surface area contributed by atoms with Gasteiger partial charge in [-0.3, -0.25) is 14.4 Å². The molecule has 6 heteroatoms. The first-order chi connectivity index (χ1) is 12.0. The van der Waals surface area contributed by atoms with Crippen molar-refractivity contribution in [2.75, 3.05) is 18.4 Å². The summed E-state index contributed by atoms with van der Waals surface area (Å²) in [6.45, 7) is 3.91. The van der Waals surface area contributed by atoms with E-state index in [-0.39, 0.29) is 36.9 Å². The lowest BCUT2D eigenvalue weighted by atomic mass is 10.2. The molecule has 0 saturated heterocycles. The average molecular weight is 345 g/mol. The molecular weight excluding hydrogens is 318 g/mol. The van der Waals surface area contributed by atoms with Crippen molar-refractivity contribution in [3.05, 3.63) is 29.8 Å². The number of benzene rings is 1. The molecule has 0 radical (unpaired) electrons. The topological polar surface area (TPSA) is 78.5 Å². The van der Waals surface area contributed by atoms with Gasteiger partial charge in [0.05, 0.1) is 13.1 Å². The zero-order valence-corrected chi connectivity index (χ0v) is 15.0. The molecule has 1 aromatic carbocycles. The maximum atomic E-state index is 12.2. The summed E-state index contributed by atoms with van der Waals surface area (Å²) in [6.07, 6.45) is 4.18. The summed E-state index contributed by atoms with van der Waals surface area (Å²) in [5.41, 5.74) is 1.75. The zero-order chi connectivity index (χ0) is 18.2. The first-order valence-electron chi connectivity index (χ1n) is 8.92. The number of anilines is 1. The van der Waals surface area contributed by atoms with Gasteiger partial charge in [0.15, 0.2) is 0 Å². The Hall–Kier alpha value is -2.37. The van der Waals surface area contributed by atoms with Gasteiger partial charge in [-0.2, -0.15) is 0 Å². The molecule has 0 bridgehead atoms. The number of carbonyl (C=O) groups excluding carboxylic acids is 3. The highest BCUT2D eigenvalue weighted by Gasteiger charge is 2.33. The molecule has 1 fully saturated rings. The molecule has 1 aromatic rings. The predicted molar refractivity (Wildman–Crippen MR) is 97.1 cm³/mol. The summed E-state index contributed by atoms with van der Waals surface area (Å²) in [6, 6.07) is 7.66. The van der Waals surface area contributed by atoms with Crippen molar-refractivity contribution in [1.82, 2.24) is 10.2 Å². The zero-order valence-electron chi connectivity index (χ0n) is 15.0. The van der Waals surface area contributed by atoms with Crippen LogP contribution in [0.5, 0.6) is 0 Å². The van der Waals surface area contributed by atoms with Crippen molar-refractivity contribution in [1.29, 1.82) is 0 Å². The van der Waals surface area contributed by atoms with Crippen molar-refractivity contribution in [3.63, 3.8) is 0 Å². The minimum atomic E-state index is -0.295. The third-order valence-corrected chi connectivity index (χ3v) is 4.11. The molecule has 2 N–H and O–H groups in total. The highest BCUT2D eigenvalue weighted by molar-refractivity contribution is 5.95. The van der Waals surface area contributed by atoms with Gasteiger partial charge in [0.1, 0.15) is 0 Å². The van der Waals surface area contributed by atoms with E-state index in [9.17, 15) is 14.4 Å². The Labute approximate surface area is 149 Å². The van der Waals surface area contributed by atoms with Crippen LogP contribution in [-0.2, 0) is 14.4 Å². The van der Waals surface area contributed by atoms with Crippen molar-refractivity contribution < 1.29 is 14.4 Å². The van der Waals surface area contributed by atoms with Crippen LogP contribution in [0.2, 0.25) is 0 Å². The highest BCUT2D eigenvalue weighted by atomic mass is 16.2. The number of unbranched alkanes of at least 4 members (excludes halogenated alkanes) is 1. The lowest BCUT2D eigenvalue weighted by Gasteiger charge is -2.21. The third-order valence-electron chi connectivity index (χ3n) is 4.11. The molecule has 1 saturated carbocycles. The van der Waals surface area contributed by atoms with Crippen molar-refractivity contribution in [2.24, 2.45) is 0 Å². The fraction of sp³-hybridized carbons (Fsp3) is 0.526. The van der Waals surface area contributed by atoms with Gasteiger partial charge < -0.3 is 15.5 Å². The Balaban J connectivity index is 1.76. The molecule has 0 aliphatic heterocycles. The average Bonchev–Trinajstić information content (AvgIpc) is 3.40. The number of rotatable bonds is 9. The van der Waals surface area contributed by atoms with Gasteiger partial charge in [0.25, 0.3) is 0 Å². The summed E-state index contributed by atoms with van der Waals surface area (Å²) in [7, 11) is 0. The van der Waals surface area contributed by atoms with E-state index in [0.29, 0.717) is 12.1 Å². The molecule has 0 aromatic heterocycles. The number of aryl methyl sites for hydroxylation is 1. The quantitative estimate of drug-likeness (QED) is 0.720. The van der Waals surface area contributed by atoms with Crippen LogP contribution in [0.1, 0.15) is 44.6 Å². The normalized spacial score (nSPS) is 13.2. The van der Waals surface area contributed by atoms with E-state index in [2.05, 4.69) is 10.6 Å². The number of hydrogen-bond acceptors (Lipinski definition) is 3. The summed E-state index contributed by atoms with van der Waals surface area (Å²) < 4.78 is 0. The first kappa shape index (κ1) is 19.0. The van der Waals surface area contributed by atoms with Crippen LogP contribution in [0.4, 0.5) is 5.69 Å². The Kier molecular flexibility index (Phi) is 6.98. The first-order valence-corrected chi connectivity index (χ1v) is 8.92. The van der Waals surface area contributed by atoms with E-state index < -0.39 is 0 Å². The number of carbonyl (C=O) groups is 3. The smallest absolute Gasteiger partial charge is 0.243 e. The fourth-order valence-corrected chi connectivity index (χ4v) is 2.60. The molecule has 3 amide bonds. The second-order valence-corrected chi connectivity index (χ2v) is 6.55. The van der Waals surface area contributed by atoms with E-state index >= 15 is 0 Å². The molecule has 6 nitrogen and oxygen atoms in total. The molecule has 0 unspecified atom stereocenters. The molecule has 0 atom stereocenters. The van der Waals surface area contributed by atoms with Gasteiger partial charge in [-0.1, -0.05) is 25.5 Å². The van der Waals surface area contributed by atoms with Gasteiger partial charge in [-0.25, -0.2) is 0 Å². The number of nitrogens with zero attached hydrogens (tertiary/aromatic N) is 1. The van der Waals surface area contributed by atoms with E-state index in [1.807, 2.05) is 32.0 Å². The molecule has 0 spiro atoms. The monoisotopic (exact) mass is 345 g/mol. The largest absolute Gasteiger partial charge is 0.345 e. The van der Waals surface area contributed by atoms with Crippen LogP contribution < -0.4 is 10.6 Å². The van der Waals surface area contributed by atoms with Crippen LogP contribution in [-0.4, -0.2) is 41.8 Å². The Morgan fingerprint density at radius 3 is 2.60 bits per heavy atom. The summed E-state index contributed by atoms with van der Waals surface area (Å²) in [5, 5.41) is 5.34. The minimum absolute atomic E-state index is 0.0312. The SMILES string of the molecule is CCCCC(=O)N(CC(=O)NCC(=O)Nc1cccc(C)c1)C1CC1. The second kappa shape index (κ2) is 9.20. The van der Waals surface area contributed by atoms with Gasteiger partial charge in [0, 0.05) is 18.2 Å². The van der Waals surface area contributed by atoms with Crippen LogP contribution in [0, 0.1) is 6.92 Å². The summed E-state index contributed by atoms with van der Waals surface area (Å²) >= 11 is 0. The van der Waals surface area contributed by atoms with Crippen LogP contribution in [0.25, 0.3) is 0 Å². The maximum absolute atomic E-state index is 12.2. The van der Waals surface area contributed by atoms with Crippen LogP contribution in [0.3, 0.4) is 0 Å². The van der Waals surface area contributed by atoms with Gasteiger partial charge in [0.2, 0.25) is 17.7 Å². The van der Waals surface area contributed by atoms with E-state index in [1.165, 1.54) is 0 Å². The van der Waals surface area contributed by atoms with E-state index in [4.69, 9.17) is 0 Å². The Morgan fingerprint density at radius 1 is 1.20 bits per heavy atom. The van der Waals surface area contributed by atoms with Gasteiger partial charge >= 0.3 is 0 Å². The number of hydrogen-bond donors (Lipinski definition) is 2. The fourth-order valence-electron chi connectivity index (χ4n) is 2.60. The molecule has 25 heavy (non-hydrogen) atoms. The molecule has 1 aliphatic carbocycles. The maximum Gasteiger partial charge on any atom is 0.243 e. The summed E-state index contributed by atoms with van der Waals surface area (Å²) in [4.78, 5) is 37.9. The van der Waals surface area contributed by atoms with Crippen LogP contribution >= 0.6 is 0 Å². The second-order valence-electron chi connectivity index (χ2n) is 6.55. The Bertz CT molecular complexity index is 626.